The Morgan fingerprint density at radius 1 is 1.52 bits per heavy atom. The number of fused-ring (bicyclic) bond motifs is 1. The Bertz CT molecular complexity index is 718. The van der Waals surface area contributed by atoms with Crippen LogP contribution in [0, 0.1) is 28.4 Å². The average Bonchev–Trinajstić information content (AvgIpc) is 2.76. The molecular formula is C14H16N4O2S. The topological polar surface area (TPSA) is 83.1 Å². The molecule has 110 valence electrons. The van der Waals surface area contributed by atoms with Gasteiger partial charge in [-0.15, -0.1) is 11.3 Å². The minimum absolute atomic E-state index is 0.0641. The lowest BCUT2D eigenvalue weighted by Crippen LogP contribution is -2.32. The average molecular weight is 304 g/mol. The summed E-state index contributed by atoms with van der Waals surface area (Å²) in [5.74, 6) is 0. The number of hydrogen-bond donors (Lipinski definition) is 0. The highest BCUT2D eigenvalue weighted by atomic mass is 32.1. The quantitative estimate of drug-likeness (QED) is 0.622. The lowest BCUT2D eigenvalue weighted by atomic mass is 10.2. The summed E-state index contributed by atoms with van der Waals surface area (Å²) in [5.41, 5.74) is 1.36. The number of nitrogens with zero attached hydrogens (tertiary/aromatic N) is 4. The summed E-state index contributed by atoms with van der Waals surface area (Å²) < 4.78 is 0.812. The number of hydrogen-bond acceptors (Lipinski definition) is 6. The molecule has 1 aromatic heterocycles. The van der Waals surface area contributed by atoms with Crippen molar-refractivity contribution in [3.05, 3.63) is 27.3 Å². The van der Waals surface area contributed by atoms with Gasteiger partial charge in [0, 0.05) is 18.7 Å². The Morgan fingerprint density at radius 2 is 2.24 bits per heavy atom. The van der Waals surface area contributed by atoms with E-state index in [1.807, 2.05) is 25.7 Å². The summed E-state index contributed by atoms with van der Waals surface area (Å²) >= 11 is 1.44. The number of nitriles is 1. The fourth-order valence-electron chi connectivity index (χ4n) is 2.27. The van der Waals surface area contributed by atoms with Crippen LogP contribution in [0.3, 0.4) is 0 Å². The van der Waals surface area contributed by atoms with Crippen LogP contribution >= 0.6 is 11.3 Å². The molecule has 0 aliphatic rings. The van der Waals surface area contributed by atoms with Gasteiger partial charge in [0.25, 0.3) is 5.69 Å². The molecule has 21 heavy (non-hydrogen) atoms. The highest BCUT2D eigenvalue weighted by Crippen LogP contribution is 2.36. The van der Waals surface area contributed by atoms with E-state index >= 15 is 0 Å². The number of anilines is 1. The van der Waals surface area contributed by atoms with Crippen molar-refractivity contribution >= 4 is 32.9 Å². The first-order valence-electron chi connectivity index (χ1n) is 6.63. The maximum Gasteiger partial charge on any atom is 0.294 e. The van der Waals surface area contributed by atoms with E-state index in [-0.39, 0.29) is 16.7 Å². The number of nitro benzene ring substituents is 1. The van der Waals surface area contributed by atoms with Crippen molar-refractivity contribution in [3.8, 4) is 6.07 Å². The van der Waals surface area contributed by atoms with Crippen LogP contribution in [0.4, 0.5) is 11.4 Å². The molecule has 0 saturated carbocycles. The van der Waals surface area contributed by atoms with Crippen molar-refractivity contribution in [2.75, 3.05) is 11.4 Å². The predicted molar refractivity (Wildman–Crippen MR) is 83.7 cm³/mol. The number of thiazole rings is 1. The zero-order chi connectivity index (χ0) is 15.6. The minimum atomic E-state index is -0.369. The Hall–Kier alpha value is -2.20. The van der Waals surface area contributed by atoms with E-state index in [2.05, 4.69) is 11.1 Å². The number of aryl methyl sites for hydroxylation is 1. The van der Waals surface area contributed by atoms with Crippen LogP contribution in [0.2, 0.25) is 0 Å². The first kappa shape index (κ1) is 15.2. The van der Waals surface area contributed by atoms with Crippen LogP contribution in [0.1, 0.15) is 25.3 Å². The number of nitro groups is 1. The van der Waals surface area contributed by atoms with Gasteiger partial charge < -0.3 is 4.90 Å². The van der Waals surface area contributed by atoms with E-state index in [9.17, 15) is 10.1 Å². The van der Waals surface area contributed by atoms with Gasteiger partial charge in [-0.2, -0.15) is 5.26 Å². The van der Waals surface area contributed by atoms with E-state index in [4.69, 9.17) is 5.26 Å². The monoisotopic (exact) mass is 304 g/mol. The van der Waals surface area contributed by atoms with Crippen molar-refractivity contribution in [2.45, 2.75) is 33.2 Å². The van der Waals surface area contributed by atoms with Crippen molar-refractivity contribution < 1.29 is 4.92 Å². The molecule has 0 amide bonds. The van der Waals surface area contributed by atoms with Crippen LogP contribution in [0.15, 0.2) is 12.1 Å². The van der Waals surface area contributed by atoms with Crippen LogP contribution < -0.4 is 4.90 Å². The van der Waals surface area contributed by atoms with Gasteiger partial charge in [0.15, 0.2) is 0 Å². The third kappa shape index (κ3) is 3.11. The van der Waals surface area contributed by atoms with Gasteiger partial charge in [0.2, 0.25) is 0 Å². The molecule has 0 spiro atoms. The second-order valence-electron chi connectivity index (χ2n) is 4.99. The fraction of sp³-hybridized carbons (Fsp3) is 0.429. The summed E-state index contributed by atoms with van der Waals surface area (Å²) in [7, 11) is 0. The summed E-state index contributed by atoms with van der Waals surface area (Å²) in [6.07, 6.45) is 0.323. The minimum Gasteiger partial charge on any atom is -0.362 e. The Balaban J connectivity index is 2.60. The van der Waals surface area contributed by atoms with Gasteiger partial charge in [-0.1, -0.05) is 0 Å². The molecular weight excluding hydrogens is 288 g/mol. The van der Waals surface area contributed by atoms with E-state index in [1.165, 1.54) is 11.3 Å². The highest BCUT2D eigenvalue weighted by molar-refractivity contribution is 7.18. The third-order valence-corrected chi connectivity index (χ3v) is 4.12. The number of rotatable bonds is 5. The third-order valence-electron chi connectivity index (χ3n) is 3.19. The lowest BCUT2D eigenvalue weighted by Gasteiger charge is -2.27. The van der Waals surface area contributed by atoms with Gasteiger partial charge in [-0.25, -0.2) is 4.98 Å². The van der Waals surface area contributed by atoms with Gasteiger partial charge in [-0.3, -0.25) is 10.1 Å². The molecule has 7 heteroatoms. The maximum absolute atomic E-state index is 11.4. The van der Waals surface area contributed by atoms with Crippen molar-refractivity contribution in [3.63, 3.8) is 0 Å². The standard InChI is InChI=1S/C14H16N4O2S/c1-9(2)17(6-4-5-15)12-7-11-14(21-10(3)16-11)8-13(12)18(19)20/h7-9H,4,6H2,1-3H3. The van der Waals surface area contributed by atoms with Gasteiger partial charge in [-0.05, 0) is 26.8 Å². The molecule has 1 aromatic carbocycles. The molecule has 0 bridgehead atoms. The summed E-state index contributed by atoms with van der Waals surface area (Å²) in [4.78, 5) is 17.3. The van der Waals surface area contributed by atoms with Crippen LogP contribution in [-0.2, 0) is 0 Å². The van der Waals surface area contributed by atoms with E-state index in [0.29, 0.717) is 18.7 Å². The Kier molecular flexibility index (Phi) is 4.38. The van der Waals surface area contributed by atoms with Crippen molar-refractivity contribution in [1.82, 2.24) is 4.98 Å². The molecule has 0 fully saturated rings. The molecule has 6 nitrogen and oxygen atoms in total. The molecule has 0 aliphatic carbocycles. The van der Waals surface area contributed by atoms with Crippen LogP contribution in [0.5, 0.6) is 0 Å². The molecule has 0 N–H and O–H groups in total. The van der Waals surface area contributed by atoms with E-state index < -0.39 is 0 Å². The van der Waals surface area contributed by atoms with Crippen molar-refractivity contribution in [1.29, 1.82) is 5.26 Å². The second-order valence-corrected chi connectivity index (χ2v) is 6.23. The highest BCUT2D eigenvalue weighted by Gasteiger charge is 2.23. The number of aromatic nitrogens is 1. The predicted octanol–water partition coefficient (Wildman–Crippen LogP) is 3.64. The van der Waals surface area contributed by atoms with E-state index in [0.717, 1.165) is 15.2 Å². The van der Waals surface area contributed by atoms with Gasteiger partial charge >= 0.3 is 0 Å². The number of benzene rings is 1. The lowest BCUT2D eigenvalue weighted by molar-refractivity contribution is -0.384. The fourth-order valence-corrected chi connectivity index (χ4v) is 3.11. The molecule has 0 saturated heterocycles. The molecule has 0 atom stereocenters. The molecule has 1 heterocycles. The van der Waals surface area contributed by atoms with Gasteiger partial charge in [0.1, 0.15) is 5.69 Å². The molecule has 0 aliphatic heterocycles. The SMILES string of the molecule is Cc1nc2cc(N(CCC#N)C(C)C)c([N+](=O)[O-])cc2s1. The summed E-state index contributed by atoms with van der Waals surface area (Å²) in [6.45, 7) is 6.25. The molecule has 0 unspecified atom stereocenters. The van der Waals surface area contributed by atoms with Gasteiger partial charge in [0.05, 0.1) is 32.6 Å². The summed E-state index contributed by atoms with van der Waals surface area (Å²) in [5, 5.41) is 21.0. The van der Waals surface area contributed by atoms with Crippen molar-refractivity contribution in [2.24, 2.45) is 0 Å². The Labute approximate surface area is 126 Å². The zero-order valence-corrected chi connectivity index (χ0v) is 13.0. The molecule has 0 radical (unpaired) electrons. The van der Waals surface area contributed by atoms with Crippen LogP contribution in [-0.4, -0.2) is 22.5 Å². The maximum atomic E-state index is 11.4. The normalized spacial score (nSPS) is 10.8. The van der Waals surface area contributed by atoms with E-state index in [1.54, 1.807) is 12.1 Å². The first-order valence-corrected chi connectivity index (χ1v) is 7.45. The molecule has 2 rings (SSSR count). The summed E-state index contributed by atoms with van der Waals surface area (Å²) in [6, 6.07) is 5.49. The zero-order valence-electron chi connectivity index (χ0n) is 12.2. The van der Waals surface area contributed by atoms with Crippen LogP contribution in [0.25, 0.3) is 10.2 Å². The largest absolute Gasteiger partial charge is 0.362 e. The molecule has 2 aromatic rings. The smallest absolute Gasteiger partial charge is 0.294 e. The Morgan fingerprint density at radius 3 is 2.81 bits per heavy atom. The first-order chi connectivity index (χ1) is 9.93. The second kappa shape index (κ2) is 6.06.